The number of nitrogens with two attached hydrogens (primary N) is 1. The van der Waals surface area contributed by atoms with Gasteiger partial charge in [0.25, 0.3) is 0 Å². The number of hydrogen-bond donors (Lipinski definition) is 1. The van der Waals surface area contributed by atoms with Gasteiger partial charge in [-0.3, -0.25) is 0 Å². The number of nitrogens with zero attached hydrogens (tertiary/aromatic N) is 1. The average molecular weight is 236 g/mol. The Kier molecular flexibility index (Phi) is 3.65. The quantitative estimate of drug-likeness (QED) is 0.709. The van der Waals surface area contributed by atoms with E-state index in [1.807, 2.05) is 0 Å². The fraction of sp³-hybridized carbons (Fsp3) is 0.867. The van der Waals surface area contributed by atoms with Gasteiger partial charge in [0, 0.05) is 17.5 Å². The Morgan fingerprint density at radius 3 is 2.41 bits per heavy atom. The van der Waals surface area contributed by atoms with E-state index in [0.29, 0.717) is 23.4 Å². The Balaban J connectivity index is 2.15. The van der Waals surface area contributed by atoms with E-state index in [1.165, 1.54) is 32.4 Å². The molecule has 2 fully saturated rings. The molecule has 1 heterocycles. The standard InChI is InChI=1S/C15H28N2/c1-5-13-10-12(4)14(16)15(13)6-8-17(9-7-15)11(2)3/h5,11-12,14H,6-10,16H2,1-4H3/b13-5+/t12?,14-/m1/s1. The van der Waals surface area contributed by atoms with Crippen molar-refractivity contribution in [3.8, 4) is 0 Å². The minimum Gasteiger partial charge on any atom is -0.327 e. The molecule has 0 aromatic rings. The maximum absolute atomic E-state index is 6.52. The molecule has 1 spiro atoms. The molecule has 1 saturated carbocycles. The summed E-state index contributed by atoms with van der Waals surface area (Å²) in [6, 6.07) is 1.06. The van der Waals surface area contributed by atoms with Gasteiger partial charge in [-0.15, -0.1) is 0 Å². The lowest BCUT2D eigenvalue weighted by atomic mass is 9.70. The summed E-state index contributed by atoms with van der Waals surface area (Å²) in [6.45, 7) is 11.5. The van der Waals surface area contributed by atoms with Crippen LogP contribution in [0.3, 0.4) is 0 Å². The molecule has 0 radical (unpaired) electrons. The highest BCUT2D eigenvalue weighted by molar-refractivity contribution is 5.26. The van der Waals surface area contributed by atoms with Crippen LogP contribution in [0.15, 0.2) is 11.6 Å². The van der Waals surface area contributed by atoms with Gasteiger partial charge in [0.05, 0.1) is 0 Å². The summed E-state index contributed by atoms with van der Waals surface area (Å²) in [6.07, 6.45) is 6.08. The molecule has 0 amide bonds. The molecule has 0 aromatic heterocycles. The van der Waals surface area contributed by atoms with Crippen molar-refractivity contribution in [3.63, 3.8) is 0 Å². The fourth-order valence-corrected chi connectivity index (χ4v) is 3.94. The first-order valence-electron chi connectivity index (χ1n) is 7.16. The zero-order valence-electron chi connectivity index (χ0n) is 11.9. The van der Waals surface area contributed by atoms with Crippen LogP contribution in [0, 0.1) is 11.3 Å². The minimum atomic E-state index is 0.333. The number of hydrogen-bond acceptors (Lipinski definition) is 2. The first-order chi connectivity index (χ1) is 8.01. The molecule has 0 aromatic carbocycles. The monoisotopic (exact) mass is 236 g/mol. The van der Waals surface area contributed by atoms with Crippen LogP contribution in [0.1, 0.15) is 47.0 Å². The molecule has 2 rings (SSSR count). The van der Waals surface area contributed by atoms with Crippen molar-refractivity contribution in [2.24, 2.45) is 17.1 Å². The molecule has 17 heavy (non-hydrogen) atoms. The SMILES string of the molecule is C/C=C1\CC(C)[C@@H](N)C12CCN(C(C)C)CC2. The Morgan fingerprint density at radius 2 is 1.94 bits per heavy atom. The van der Waals surface area contributed by atoms with Crippen LogP contribution in [0.2, 0.25) is 0 Å². The molecule has 1 aliphatic carbocycles. The molecule has 2 heteroatoms. The Hall–Kier alpha value is -0.340. The summed E-state index contributed by atoms with van der Waals surface area (Å²) >= 11 is 0. The van der Waals surface area contributed by atoms with Gasteiger partial charge in [0.1, 0.15) is 0 Å². The lowest BCUT2D eigenvalue weighted by molar-refractivity contribution is 0.0933. The van der Waals surface area contributed by atoms with Crippen LogP contribution in [0.5, 0.6) is 0 Å². The minimum absolute atomic E-state index is 0.333. The number of allylic oxidation sites excluding steroid dienone is 1. The van der Waals surface area contributed by atoms with E-state index in [9.17, 15) is 0 Å². The van der Waals surface area contributed by atoms with Crippen molar-refractivity contribution in [1.29, 1.82) is 0 Å². The first-order valence-corrected chi connectivity index (χ1v) is 7.16. The molecule has 1 aliphatic heterocycles. The molecule has 2 nitrogen and oxygen atoms in total. The van der Waals surface area contributed by atoms with Crippen molar-refractivity contribution in [3.05, 3.63) is 11.6 Å². The van der Waals surface area contributed by atoms with E-state index < -0.39 is 0 Å². The summed E-state index contributed by atoms with van der Waals surface area (Å²) in [5.74, 6) is 0.659. The van der Waals surface area contributed by atoms with E-state index in [-0.39, 0.29) is 0 Å². The predicted octanol–water partition coefficient (Wildman–Crippen LogP) is 2.79. The molecule has 1 unspecified atom stereocenters. The van der Waals surface area contributed by atoms with E-state index in [1.54, 1.807) is 5.57 Å². The van der Waals surface area contributed by atoms with Crippen LogP contribution in [0.4, 0.5) is 0 Å². The average Bonchev–Trinajstić information content (AvgIpc) is 2.55. The van der Waals surface area contributed by atoms with Gasteiger partial charge in [0.2, 0.25) is 0 Å². The summed E-state index contributed by atoms with van der Waals surface area (Å²) in [7, 11) is 0. The zero-order valence-corrected chi connectivity index (χ0v) is 11.9. The molecule has 2 N–H and O–H groups in total. The molecule has 98 valence electrons. The summed E-state index contributed by atoms with van der Waals surface area (Å²) in [4.78, 5) is 2.59. The lowest BCUT2D eigenvalue weighted by Crippen LogP contribution is -2.50. The predicted molar refractivity (Wildman–Crippen MR) is 73.9 cm³/mol. The second-order valence-electron chi connectivity index (χ2n) is 6.31. The zero-order chi connectivity index (χ0) is 12.6. The third kappa shape index (κ3) is 2.06. The summed E-state index contributed by atoms with van der Waals surface area (Å²) in [5.41, 5.74) is 8.49. The van der Waals surface area contributed by atoms with Crippen molar-refractivity contribution < 1.29 is 0 Å². The number of piperidine rings is 1. The van der Waals surface area contributed by atoms with Gasteiger partial charge in [-0.1, -0.05) is 18.6 Å². The Bertz CT molecular complexity index is 298. The second kappa shape index (κ2) is 4.74. The van der Waals surface area contributed by atoms with Crippen LogP contribution in [-0.4, -0.2) is 30.1 Å². The van der Waals surface area contributed by atoms with Crippen molar-refractivity contribution in [2.75, 3.05) is 13.1 Å². The van der Waals surface area contributed by atoms with Crippen LogP contribution in [-0.2, 0) is 0 Å². The normalized spacial score (nSPS) is 36.2. The van der Waals surface area contributed by atoms with Gasteiger partial charge in [-0.2, -0.15) is 0 Å². The second-order valence-corrected chi connectivity index (χ2v) is 6.31. The highest BCUT2D eigenvalue weighted by Gasteiger charge is 2.49. The Morgan fingerprint density at radius 1 is 1.35 bits per heavy atom. The van der Waals surface area contributed by atoms with E-state index >= 15 is 0 Å². The molecule has 0 bridgehead atoms. The van der Waals surface area contributed by atoms with Gasteiger partial charge in [0.15, 0.2) is 0 Å². The fourth-order valence-electron chi connectivity index (χ4n) is 3.94. The van der Waals surface area contributed by atoms with Crippen LogP contribution >= 0.6 is 0 Å². The van der Waals surface area contributed by atoms with Crippen molar-refractivity contribution >= 4 is 0 Å². The van der Waals surface area contributed by atoms with Gasteiger partial charge < -0.3 is 10.6 Å². The van der Waals surface area contributed by atoms with Crippen LogP contribution < -0.4 is 5.73 Å². The number of likely N-dealkylation sites (tertiary alicyclic amines) is 1. The van der Waals surface area contributed by atoms with E-state index in [2.05, 4.69) is 38.7 Å². The van der Waals surface area contributed by atoms with E-state index in [0.717, 1.165) is 0 Å². The topological polar surface area (TPSA) is 29.3 Å². The first kappa shape index (κ1) is 13.1. The lowest BCUT2D eigenvalue weighted by Gasteiger charge is -2.45. The summed E-state index contributed by atoms with van der Waals surface area (Å²) in [5, 5.41) is 0. The largest absolute Gasteiger partial charge is 0.327 e. The third-order valence-corrected chi connectivity index (χ3v) is 5.20. The summed E-state index contributed by atoms with van der Waals surface area (Å²) < 4.78 is 0. The van der Waals surface area contributed by atoms with Crippen LogP contribution in [0.25, 0.3) is 0 Å². The molecular weight excluding hydrogens is 208 g/mol. The smallest absolute Gasteiger partial charge is 0.0163 e. The number of rotatable bonds is 1. The van der Waals surface area contributed by atoms with Gasteiger partial charge in [-0.05, 0) is 59.0 Å². The molecule has 1 saturated heterocycles. The Labute approximate surface area is 106 Å². The maximum Gasteiger partial charge on any atom is 0.0163 e. The van der Waals surface area contributed by atoms with Gasteiger partial charge in [-0.25, -0.2) is 0 Å². The van der Waals surface area contributed by atoms with Gasteiger partial charge >= 0.3 is 0 Å². The third-order valence-electron chi connectivity index (χ3n) is 5.20. The highest BCUT2D eigenvalue weighted by Crippen LogP contribution is 2.51. The van der Waals surface area contributed by atoms with Crippen molar-refractivity contribution in [2.45, 2.75) is 59.0 Å². The highest BCUT2D eigenvalue weighted by atomic mass is 15.2. The molecule has 2 aliphatic rings. The van der Waals surface area contributed by atoms with Crippen molar-refractivity contribution in [1.82, 2.24) is 4.90 Å². The molecule has 2 atom stereocenters. The molecular formula is C15H28N2. The van der Waals surface area contributed by atoms with E-state index in [4.69, 9.17) is 5.73 Å². The maximum atomic E-state index is 6.52.